The van der Waals surface area contributed by atoms with Crippen molar-refractivity contribution < 1.29 is 9.47 Å². The zero-order valence-corrected chi connectivity index (χ0v) is 14.4. The van der Waals surface area contributed by atoms with E-state index >= 15 is 0 Å². The minimum Gasteiger partial charge on any atom is -0.381 e. The second-order valence-electron chi connectivity index (χ2n) is 6.45. The summed E-state index contributed by atoms with van der Waals surface area (Å²) in [6, 6.07) is 0.485. The van der Waals surface area contributed by atoms with E-state index in [0.717, 1.165) is 68.4 Å². The van der Waals surface area contributed by atoms with Crippen molar-refractivity contribution in [2.75, 3.05) is 19.8 Å². The van der Waals surface area contributed by atoms with E-state index in [-0.39, 0.29) is 5.60 Å². The molecule has 24 heavy (non-hydrogen) atoms. The lowest BCUT2D eigenvalue weighted by atomic mass is 9.84. The molecule has 0 radical (unpaired) electrons. The van der Waals surface area contributed by atoms with Crippen molar-refractivity contribution in [3.8, 4) is 10.7 Å². The molecule has 0 bridgehead atoms. The van der Waals surface area contributed by atoms with Gasteiger partial charge in [-0.15, -0.1) is 11.3 Å². The first-order valence-corrected chi connectivity index (χ1v) is 9.37. The largest absolute Gasteiger partial charge is 0.381 e. The smallest absolute Gasteiger partial charge is 0.143 e. The highest BCUT2D eigenvalue weighted by Gasteiger charge is 2.38. The summed E-state index contributed by atoms with van der Waals surface area (Å²) < 4.78 is 11.6. The molecule has 2 aliphatic rings. The molecule has 2 aromatic rings. The summed E-state index contributed by atoms with van der Waals surface area (Å²) in [6.45, 7) is 3.26. The molecule has 1 N–H and O–H groups in total. The summed E-state index contributed by atoms with van der Waals surface area (Å²) in [5.74, 6) is 0. The minimum atomic E-state index is 0.0288. The normalized spacial score (nSPS) is 23.4. The third-order valence-electron chi connectivity index (χ3n) is 4.80. The van der Waals surface area contributed by atoms with Crippen LogP contribution in [0.1, 0.15) is 31.4 Å². The quantitative estimate of drug-likeness (QED) is 0.917. The first-order chi connectivity index (χ1) is 11.8. The number of hydrogen-bond donors (Lipinski definition) is 1. The van der Waals surface area contributed by atoms with E-state index in [1.165, 1.54) is 0 Å². The Kier molecular flexibility index (Phi) is 4.84. The van der Waals surface area contributed by atoms with Crippen molar-refractivity contribution in [3.63, 3.8) is 0 Å². The van der Waals surface area contributed by atoms with Gasteiger partial charge in [-0.05, 0) is 25.7 Å². The zero-order valence-electron chi connectivity index (χ0n) is 13.6. The molecule has 0 amide bonds. The fourth-order valence-electron chi connectivity index (χ4n) is 3.46. The SMILES string of the molecule is c1cnc(-c2nc(CN[C@@H]3CCOC4(CCOCC4)C3)cs2)cn1. The van der Waals surface area contributed by atoms with Gasteiger partial charge in [0.25, 0.3) is 0 Å². The van der Waals surface area contributed by atoms with Crippen LogP contribution in [0.15, 0.2) is 24.0 Å². The molecule has 2 saturated heterocycles. The van der Waals surface area contributed by atoms with E-state index < -0.39 is 0 Å². The predicted molar refractivity (Wildman–Crippen MR) is 91.7 cm³/mol. The van der Waals surface area contributed by atoms with Crippen LogP contribution in [0, 0.1) is 0 Å². The summed E-state index contributed by atoms with van der Waals surface area (Å²) in [4.78, 5) is 13.1. The van der Waals surface area contributed by atoms with Crippen LogP contribution in [0.5, 0.6) is 0 Å². The molecule has 0 aromatic carbocycles. The molecule has 2 fully saturated rings. The first kappa shape index (κ1) is 16.1. The number of ether oxygens (including phenoxy) is 2. The molecule has 2 aromatic heterocycles. The molecule has 0 aliphatic carbocycles. The lowest BCUT2D eigenvalue weighted by Gasteiger charge is -2.43. The van der Waals surface area contributed by atoms with Gasteiger partial charge < -0.3 is 14.8 Å². The van der Waals surface area contributed by atoms with E-state index in [9.17, 15) is 0 Å². The Bertz CT molecular complexity index is 652. The lowest BCUT2D eigenvalue weighted by molar-refractivity contribution is -0.140. The van der Waals surface area contributed by atoms with Crippen LogP contribution in [0.4, 0.5) is 0 Å². The topological polar surface area (TPSA) is 69.2 Å². The predicted octanol–water partition coefficient (Wildman–Crippen LogP) is 2.42. The minimum absolute atomic E-state index is 0.0288. The highest BCUT2D eigenvalue weighted by atomic mass is 32.1. The van der Waals surface area contributed by atoms with Gasteiger partial charge >= 0.3 is 0 Å². The molecular weight excluding hydrogens is 324 g/mol. The molecule has 6 nitrogen and oxygen atoms in total. The number of nitrogens with zero attached hydrogens (tertiary/aromatic N) is 3. The van der Waals surface area contributed by atoms with Gasteiger partial charge in [-0.1, -0.05) is 0 Å². The Labute approximate surface area is 145 Å². The van der Waals surface area contributed by atoms with Crippen molar-refractivity contribution in [3.05, 3.63) is 29.7 Å². The average molecular weight is 346 g/mol. The number of thiazole rings is 1. The van der Waals surface area contributed by atoms with E-state index in [2.05, 4.69) is 25.6 Å². The summed E-state index contributed by atoms with van der Waals surface area (Å²) >= 11 is 1.62. The summed E-state index contributed by atoms with van der Waals surface area (Å²) in [5, 5.41) is 6.68. The van der Waals surface area contributed by atoms with Gasteiger partial charge in [-0.3, -0.25) is 9.97 Å². The van der Waals surface area contributed by atoms with Gasteiger partial charge in [0.2, 0.25) is 0 Å². The monoisotopic (exact) mass is 346 g/mol. The van der Waals surface area contributed by atoms with E-state index in [4.69, 9.17) is 9.47 Å². The van der Waals surface area contributed by atoms with E-state index in [0.29, 0.717) is 6.04 Å². The Balaban J connectivity index is 1.34. The summed E-state index contributed by atoms with van der Waals surface area (Å²) in [7, 11) is 0. The van der Waals surface area contributed by atoms with E-state index in [1.807, 2.05) is 0 Å². The Hall–Kier alpha value is -1.41. The Morgan fingerprint density at radius 2 is 2.17 bits per heavy atom. The molecule has 4 heterocycles. The van der Waals surface area contributed by atoms with Crippen molar-refractivity contribution in [2.24, 2.45) is 0 Å². The molecule has 128 valence electrons. The molecule has 1 spiro atoms. The van der Waals surface area contributed by atoms with Gasteiger partial charge in [0.05, 0.1) is 17.5 Å². The molecule has 7 heteroatoms. The van der Waals surface area contributed by atoms with Gasteiger partial charge in [-0.25, -0.2) is 4.98 Å². The summed E-state index contributed by atoms with van der Waals surface area (Å²) in [6.07, 6.45) is 9.28. The Morgan fingerprint density at radius 1 is 1.25 bits per heavy atom. The van der Waals surface area contributed by atoms with Crippen LogP contribution in [-0.2, 0) is 16.0 Å². The number of aromatic nitrogens is 3. The molecule has 4 rings (SSSR count). The average Bonchev–Trinajstić information content (AvgIpc) is 3.11. The van der Waals surface area contributed by atoms with Crippen molar-refractivity contribution in [2.45, 2.75) is 43.9 Å². The molecule has 0 saturated carbocycles. The van der Waals surface area contributed by atoms with Gasteiger partial charge in [0.15, 0.2) is 0 Å². The highest BCUT2D eigenvalue weighted by molar-refractivity contribution is 7.13. The maximum Gasteiger partial charge on any atom is 0.143 e. The van der Waals surface area contributed by atoms with Crippen LogP contribution in [-0.4, -0.2) is 46.4 Å². The van der Waals surface area contributed by atoms with Crippen LogP contribution in [0.2, 0.25) is 0 Å². The molecule has 0 unspecified atom stereocenters. The summed E-state index contributed by atoms with van der Waals surface area (Å²) in [5.41, 5.74) is 1.93. The van der Waals surface area contributed by atoms with Crippen LogP contribution in [0.25, 0.3) is 10.7 Å². The fraction of sp³-hybridized carbons (Fsp3) is 0.588. The maximum atomic E-state index is 6.10. The van der Waals surface area contributed by atoms with Gasteiger partial charge in [0, 0.05) is 50.2 Å². The third-order valence-corrected chi connectivity index (χ3v) is 5.72. The van der Waals surface area contributed by atoms with Crippen LogP contribution in [0.3, 0.4) is 0 Å². The zero-order chi connectivity index (χ0) is 16.2. The van der Waals surface area contributed by atoms with Crippen molar-refractivity contribution >= 4 is 11.3 Å². The second kappa shape index (κ2) is 7.23. The Morgan fingerprint density at radius 3 is 3.00 bits per heavy atom. The molecule has 2 aliphatic heterocycles. The number of rotatable bonds is 4. The number of nitrogens with one attached hydrogen (secondary N) is 1. The lowest BCUT2D eigenvalue weighted by Crippen LogP contribution is -2.49. The first-order valence-electron chi connectivity index (χ1n) is 8.49. The standard InChI is InChI=1S/C17H22N4O2S/c1-6-23-17(2-7-22-8-3-17)9-13(1)20-10-14-12-24-16(21-14)15-11-18-4-5-19-15/h4-5,11-13,20H,1-3,6-10H2/t13-/m1/s1. The van der Waals surface area contributed by atoms with Gasteiger partial charge in [0.1, 0.15) is 10.7 Å². The van der Waals surface area contributed by atoms with Crippen molar-refractivity contribution in [1.82, 2.24) is 20.3 Å². The van der Waals surface area contributed by atoms with Crippen molar-refractivity contribution in [1.29, 1.82) is 0 Å². The van der Waals surface area contributed by atoms with Crippen LogP contribution >= 0.6 is 11.3 Å². The fourth-order valence-corrected chi connectivity index (χ4v) is 4.24. The molecular formula is C17H22N4O2S. The number of hydrogen-bond acceptors (Lipinski definition) is 7. The van der Waals surface area contributed by atoms with Gasteiger partial charge in [-0.2, -0.15) is 0 Å². The molecule has 1 atom stereocenters. The van der Waals surface area contributed by atoms with E-state index in [1.54, 1.807) is 29.9 Å². The third kappa shape index (κ3) is 3.64. The maximum absolute atomic E-state index is 6.10. The highest BCUT2D eigenvalue weighted by Crippen LogP contribution is 2.34. The second-order valence-corrected chi connectivity index (χ2v) is 7.31. The van der Waals surface area contributed by atoms with Crippen LogP contribution < -0.4 is 5.32 Å².